The summed E-state index contributed by atoms with van der Waals surface area (Å²) in [6.45, 7) is 0.473. The first-order chi connectivity index (χ1) is 19.1. The quantitative estimate of drug-likeness (QED) is 0.213. The maximum Gasteiger partial charge on any atom is 0.217 e. The van der Waals surface area contributed by atoms with Crippen LogP contribution in [0.25, 0.3) is 10.9 Å². The number of fused-ring (bicyclic) bond motifs is 1. The second kappa shape index (κ2) is 13.7. The van der Waals surface area contributed by atoms with E-state index in [9.17, 15) is 5.11 Å². The molecule has 0 radical (unpaired) electrons. The average molecular weight is 651 g/mol. The smallest absolute Gasteiger partial charge is 0.217 e. The molecule has 0 spiro atoms. The molecule has 0 aliphatic heterocycles. The molecule has 0 unspecified atom stereocenters. The highest BCUT2D eigenvalue weighted by atomic mass is 79.9. The molecule has 0 bridgehead atoms. The number of halogens is 3. The van der Waals surface area contributed by atoms with Crippen LogP contribution in [0.4, 0.5) is 4.39 Å². The summed E-state index contributed by atoms with van der Waals surface area (Å²) in [5.74, 6) is -0.783. The van der Waals surface area contributed by atoms with Crippen LogP contribution in [-0.2, 0) is 5.60 Å². The van der Waals surface area contributed by atoms with Gasteiger partial charge in [0, 0.05) is 39.7 Å². The fraction of sp³-hybridized carbons (Fsp3) is 0.333. The first-order valence-corrected chi connectivity index (χ1v) is 13.4. The van der Waals surface area contributed by atoms with Gasteiger partial charge in [0.15, 0.2) is 11.6 Å². The van der Waals surface area contributed by atoms with Gasteiger partial charge in [-0.1, -0.05) is 28.1 Å². The molecule has 0 amide bonds. The summed E-state index contributed by atoms with van der Waals surface area (Å²) in [5.41, 5.74) is 0.121. The number of aromatic nitrogens is 2. The summed E-state index contributed by atoms with van der Waals surface area (Å²) in [6.07, 6.45) is 0.206. The Hall–Kier alpha value is -3.18. The largest absolute Gasteiger partial charge is 0.494 e. The first-order valence-electron chi connectivity index (χ1n) is 12.6. The van der Waals surface area contributed by atoms with Crippen molar-refractivity contribution >= 4 is 39.2 Å². The summed E-state index contributed by atoms with van der Waals surface area (Å²) in [7, 11) is 9.70. The van der Waals surface area contributed by atoms with Crippen molar-refractivity contribution in [3.63, 3.8) is 0 Å². The zero-order chi connectivity index (χ0) is 29.0. The van der Waals surface area contributed by atoms with Crippen molar-refractivity contribution < 1.29 is 28.4 Å². The van der Waals surface area contributed by atoms with Crippen LogP contribution in [0.1, 0.15) is 29.0 Å². The number of nitrogens with zero attached hydrogens (tertiary/aromatic N) is 3. The van der Waals surface area contributed by atoms with Crippen LogP contribution >= 0.6 is 28.3 Å². The van der Waals surface area contributed by atoms with Crippen LogP contribution in [0.15, 0.2) is 59.1 Å². The van der Waals surface area contributed by atoms with Crippen molar-refractivity contribution in [2.45, 2.75) is 17.9 Å². The number of aliphatic hydroxyl groups is 1. The van der Waals surface area contributed by atoms with E-state index in [1.807, 2.05) is 43.3 Å². The monoisotopic (exact) mass is 649 g/mol. The Bertz CT molecular complexity index is 1490. The molecule has 11 heteroatoms. The molecule has 0 aliphatic carbocycles. The van der Waals surface area contributed by atoms with Crippen molar-refractivity contribution in [2.75, 3.05) is 49.1 Å². The van der Waals surface area contributed by atoms with E-state index < -0.39 is 17.3 Å². The Morgan fingerprint density at radius 1 is 0.902 bits per heavy atom. The van der Waals surface area contributed by atoms with Crippen LogP contribution in [0, 0.1) is 5.82 Å². The molecule has 4 rings (SSSR count). The average Bonchev–Trinajstić information content (AvgIpc) is 2.96. The molecule has 2 heterocycles. The van der Waals surface area contributed by atoms with Gasteiger partial charge < -0.3 is 29.0 Å². The Morgan fingerprint density at radius 3 is 2.17 bits per heavy atom. The van der Waals surface area contributed by atoms with Gasteiger partial charge in [0.1, 0.15) is 5.60 Å². The number of ether oxygens (including phenoxy) is 4. The third-order valence-corrected chi connectivity index (χ3v) is 7.41. The minimum absolute atomic E-state index is 0. The molecule has 0 saturated carbocycles. The lowest BCUT2D eigenvalue weighted by Crippen LogP contribution is -2.38. The third kappa shape index (κ3) is 6.67. The summed E-state index contributed by atoms with van der Waals surface area (Å²) in [5, 5.41) is 13.7. The predicted molar refractivity (Wildman–Crippen MR) is 162 cm³/mol. The Morgan fingerprint density at radius 2 is 1.59 bits per heavy atom. The maximum atomic E-state index is 16.2. The number of hydrogen-bond acceptors (Lipinski definition) is 8. The molecular weight excluding hydrogens is 617 g/mol. The van der Waals surface area contributed by atoms with Crippen molar-refractivity contribution in [1.82, 2.24) is 14.9 Å². The first kappa shape index (κ1) is 32.3. The van der Waals surface area contributed by atoms with E-state index in [0.29, 0.717) is 23.2 Å². The van der Waals surface area contributed by atoms with Gasteiger partial charge in [-0.2, -0.15) is 4.98 Å². The van der Waals surface area contributed by atoms with Gasteiger partial charge in [-0.3, -0.25) is 0 Å². The van der Waals surface area contributed by atoms with Crippen LogP contribution in [-0.4, -0.2) is 69.1 Å². The van der Waals surface area contributed by atoms with E-state index >= 15 is 4.39 Å². The van der Waals surface area contributed by atoms with E-state index in [4.69, 9.17) is 23.9 Å². The normalized spacial score (nSPS) is 13.3. The Kier molecular flexibility index (Phi) is 10.8. The molecule has 41 heavy (non-hydrogen) atoms. The maximum absolute atomic E-state index is 16.2. The third-order valence-electron chi connectivity index (χ3n) is 6.91. The highest BCUT2D eigenvalue weighted by Crippen LogP contribution is 2.49. The lowest BCUT2D eigenvalue weighted by molar-refractivity contribution is 0.00233. The van der Waals surface area contributed by atoms with E-state index in [0.717, 1.165) is 9.86 Å². The van der Waals surface area contributed by atoms with Gasteiger partial charge in [-0.25, -0.2) is 9.37 Å². The lowest BCUT2D eigenvalue weighted by Gasteiger charge is -2.39. The topological polar surface area (TPSA) is 86.2 Å². The Labute approximate surface area is 254 Å². The van der Waals surface area contributed by atoms with E-state index in [1.165, 1.54) is 28.4 Å². The molecular formula is C30H34BrClFN3O5. The number of hydrogen-bond donors (Lipinski definition) is 1. The summed E-state index contributed by atoms with van der Waals surface area (Å²) in [6, 6.07) is 15.7. The minimum atomic E-state index is -1.71. The molecule has 8 nitrogen and oxygen atoms in total. The van der Waals surface area contributed by atoms with Crippen LogP contribution in [0.5, 0.6) is 23.4 Å². The van der Waals surface area contributed by atoms with E-state index in [1.54, 1.807) is 30.3 Å². The number of benzene rings is 2. The lowest BCUT2D eigenvalue weighted by atomic mass is 9.71. The van der Waals surface area contributed by atoms with Gasteiger partial charge in [0.2, 0.25) is 17.6 Å². The van der Waals surface area contributed by atoms with Crippen LogP contribution in [0.3, 0.4) is 0 Å². The zero-order valence-corrected chi connectivity index (χ0v) is 26.2. The zero-order valence-electron chi connectivity index (χ0n) is 23.8. The summed E-state index contributed by atoms with van der Waals surface area (Å²) >= 11 is 3.53. The minimum Gasteiger partial charge on any atom is -0.494 e. The van der Waals surface area contributed by atoms with Crippen LogP contribution in [0.2, 0.25) is 0 Å². The molecule has 220 valence electrons. The van der Waals surface area contributed by atoms with Gasteiger partial charge in [0.05, 0.1) is 39.9 Å². The van der Waals surface area contributed by atoms with Crippen molar-refractivity contribution in [2.24, 2.45) is 0 Å². The highest BCUT2D eigenvalue weighted by Gasteiger charge is 2.44. The summed E-state index contributed by atoms with van der Waals surface area (Å²) < 4.78 is 39.0. The van der Waals surface area contributed by atoms with Gasteiger partial charge in [0.25, 0.3) is 0 Å². The molecule has 2 aromatic carbocycles. The standard InChI is InChI=1S/C30H33BrFN3O5.ClH/c1-35(2)13-12-30(36,19-16-25(38-4)34-26(17-19)39-5)27(21-8-7-9-24(37-3)28(21)32)22-15-18-14-20(31)10-11-23(18)33-29(22)40-6;/h7-11,14-17,27,36H,12-13H2,1-6H3;1H/t27-,30-;/m1./s1. The SMILES string of the molecule is COc1cc([C@](O)(CCN(C)C)[C@@H](c2cc3cc(Br)ccc3nc2OC)c2cccc(OC)c2F)cc(OC)n1.Cl. The number of rotatable bonds is 11. The van der Waals surface area contributed by atoms with Crippen molar-refractivity contribution in [1.29, 1.82) is 0 Å². The molecule has 4 aromatic rings. The highest BCUT2D eigenvalue weighted by molar-refractivity contribution is 9.10. The summed E-state index contributed by atoms with van der Waals surface area (Å²) in [4.78, 5) is 11.0. The number of pyridine rings is 2. The Balaban J connectivity index is 0.00000462. The fourth-order valence-electron chi connectivity index (χ4n) is 4.90. The van der Waals surface area contributed by atoms with E-state index in [2.05, 4.69) is 20.9 Å². The predicted octanol–water partition coefficient (Wildman–Crippen LogP) is 5.96. The second-order valence-corrected chi connectivity index (χ2v) is 10.6. The van der Waals surface area contributed by atoms with Gasteiger partial charge >= 0.3 is 0 Å². The molecule has 2 atom stereocenters. The number of methoxy groups -OCH3 is 4. The second-order valence-electron chi connectivity index (χ2n) is 9.64. The van der Waals surface area contributed by atoms with E-state index in [-0.39, 0.29) is 47.8 Å². The van der Waals surface area contributed by atoms with Gasteiger partial charge in [-0.05, 0) is 56.4 Å². The van der Waals surface area contributed by atoms with Crippen LogP contribution < -0.4 is 18.9 Å². The molecule has 1 N–H and O–H groups in total. The van der Waals surface area contributed by atoms with Crippen molar-refractivity contribution in [3.8, 4) is 23.4 Å². The molecule has 0 aliphatic rings. The molecule has 2 aromatic heterocycles. The van der Waals surface area contributed by atoms with Crippen molar-refractivity contribution in [3.05, 3.63) is 81.6 Å². The molecule has 0 saturated heterocycles. The molecule has 0 fully saturated rings. The van der Waals surface area contributed by atoms with Gasteiger partial charge in [-0.15, -0.1) is 12.4 Å². The fourth-order valence-corrected chi connectivity index (χ4v) is 5.27.